The molecule has 70 valence electrons. The minimum Gasteiger partial charge on any atom is -0.249 e. The Balaban J connectivity index is 0.000000424. The van der Waals surface area contributed by atoms with Crippen LogP contribution in [0.3, 0.4) is 0 Å². The van der Waals surface area contributed by atoms with Crippen molar-refractivity contribution in [2.24, 2.45) is 0 Å². The second kappa shape index (κ2) is 6.95. The lowest BCUT2D eigenvalue weighted by Crippen LogP contribution is -1.86. The van der Waals surface area contributed by atoms with E-state index in [0.29, 0.717) is 0 Å². The van der Waals surface area contributed by atoms with Gasteiger partial charge >= 0.3 is 6.15 Å². The van der Waals surface area contributed by atoms with Crippen molar-refractivity contribution < 1.29 is 9.59 Å². The molecule has 0 spiro atoms. The van der Waals surface area contributed by atoms with Crippen LogP contribution in [0.25, 0.3) is 0 Å². The molecule has 0 saturated heterocycles. The van der Waals surface area contributed by atoms with Crippen LogP contribution >= 0.6 is 31.9 Å². The number of hydrogen-bond acceptors (Lipinski definition) is 3. The van der Waals surface area contributed by atoms with E-state index in [1.54, 1.807) is 0 Å². The van der Waals surface area contributed by atoms with Gasteiger partial charge in [0, 0.05) is 11.5 Å². The predicted octanol–water partition coefficient (Wildman–Crippen LogP) is 2.46. The first kappa shape index (κ1) is 12.5. The predicted molar refractivity (Wildman–Crippen MR) is 54.3 cm³/mol. The van der Waals surface area contributed by atoms with Crippen molar-refractivity contribution in [1.82, 2.24) is 4.98 Å². The van der Waals surface area contributed by atoms with Crippen LogP contribution in [0.1, 0.15) is 11.1 Å². The fourth-order valence-corrected chi connectivity index (χ4v) is 1.72. The van der Waals surface area contributed by atoms with Gasteiger partial charge in [0.25, 0.3) is 0 Å². The molecule has 0 N–H and O–H groups in total. The van der Waals surface area contributed by atoms with E-state index >= 15 is 0 Å². The van der Waals surface area contributed by atoms with Gasteiger partial charge in [-0.25, -0.2) is 4.98 Å². The second-order valence-electron chi connectivity index (χ2n) is 2.15. The molecule has 1 heterocycles. The van der Waals surface area contributed by atoms with Crippen LogP contribution in [0.2, 0.25) is 0 Å². The zero-order valence-corrected chi connectivity index (χ0v) is 10.1. The molecule has 13 heavy (non-hydrogen) atoms. The minimum absolute atomic E-state index is 0.250. The molecule has 0 bridgehead atoms. The SMILES string of the molecule is Cc1cc(Br)ncc1CBr.O=C=O. The summed E-state index contributed by atoms with van der Waals surface area (Å²) < 4.78 is 0.898. The minimum atomic E-state index is 0.250. The van der Waals surface area contributed by atoms with Crippen molar-refractivity contribution in [3.05, 3.63) is 28.0 Å². The molecule has 0 fully saturated rings. The number of hydrogen-bond donors (Lipinski definition) is 0. The summed E-state index contributed by atoms with van der Waals surface area (Å²) in [5, 5.41) is 0.874. The highest BCUT2D eigenvalue weighted by atomic mass is 79.9. The molecule has 0 atom stereocenters. The molecule has 0 aliphatic heterocycles. The van der Waals surface area contributed by atoms with Crippen molar-refractivity contribution in [3.63, 3.8) is 0 Å². The quantitative estimate of drug-likeness (QED) is 0.591. The lowest BCUT2D eigenvalue weighted by molar-refractivity contribution is -0.191. The summed E-state index contributed by atoms with van der Waals surface area (Å²) in [6, 6.07) is 2.01. The lowest BCUT2D eigenvalue weighted by atomic mass is 10.2. The molecule has 0 amide bonds. The molecule has 1 rings (SSSR count). The molecule has 1 aromatic rings. The molecule has 3 nitrogen and oxygen atoms in total. The van der Waals surface area contributed by atoms with Crippen LogP contribution in [0, 0.1) is 6.92 Å². The van der Waals surface area contributed by atoms with Gasteiger partial charge in [0.05, 0.1) is 0 Å². The molecule has 0 aliphatic carbocycles. The summed E-state index contributed by atoms with van der Waals surface area (Å²) in [6.07, 6.45) is 2.12. The van der Waals surface area contributed by atoms with Crippen molar-refractivity contribution in [2.45, 2.75) is 12.3 Å². The maximum atomic E-state index is 8.12. The Hall–Kier alpha value is -0.510. The van der Waals surface area contributed by atoms with E-state index in [1.807, 2.05) is 12.3 Å². The van der Waals surface area contributed by atoms with Crippen LogP contribution in [-0.4, -0.2) is 11.1 Å². The fraction of sp³-hybridized carbons (Fsp3) is 0.250. The van der Waals surface area contributed by atoms with E-state index in [1.165, 1.54) is 11.1 Å². The van der Waals surface area contributed by atoms with Crippen LogP contribution in [0.5, 0.6) is 0 Å². The van der Waals surface area contributed by atoms with Gasteiger partial charge in [-0.3, -0.25) is 0 Å². The average molecular weight is 309 g/mol. The number of aryl methyl sites for hydroxylation is 1. The smallest absolute Gasteiger partial charge is 0.249 e. The standard InChI is InChI=1S/C7H7Br2N.CO2/c1-5-2-7(9)10-4-6(5)3-8;2-1-3/h2,4H,3H2,1H3;. The van der Waals surface area contributed by atoms with Crippen LogP contribution in [0.4, 0.5) is 0 Å². The zero-order chi connectivity index (χ0) is 10.3. The van der Waals surface area contributed by atoms with Gasteiger partial charge < -0.3 is 0 Å². The Morgan fingerprint density at radius 3 is 2.46 bits per heavy atom. The third-order valence-electron chi connectivity index (χ3n) is 1.33. The molecule has 0 saturated carbocycles. The fourth-order valence-electron chi connectivity index (χ4n) is 0.690. The number of pyridine rings is 1. The Morgan fingerprint density at radius 1 is 1.54 bits per heavy atom. The number of carbonyl (C=O) groups excluding carboxylic acids is 2. The largest absolute Gasteiger partial charge is 0.373 e. The van der Waals surface area contributed by atoms with Gasteiger partial charge in [-0.1, -0.05) is 15.9 Å². The van der Waals surface area contributed by atoms with Gasteiger partial charge in [-0.2, -0.15) is 9.59 Å². The van der Waals surface area contributed by atoms with Crippen LogP contribution in [-0.2, 0) is 14.9 Å². The van der Waals surface area contributed by atoms with E-state index < -0.39 is 0 Å². The molecule has 0 aromatic carbocycles. The summed E-state index contributed by atoms with van der Waals surface area (Å²) in [5.74, 6) is 0. The Morgan fingerprint density at radius 2 is 2.08 bits per heavy atom. The van der Waals surface area contributed by atoms with E-state index in [2.05, 4.69) is 43.8 Å². The molecule has 1 aromatic heterocycles. The highest BCUT2D eigenvalue weighted by Crippen LogP contribution is 2.14. The number of alkyl halides is 1. The van der Waals surface area contributed by atoms with E-state index in [0.717, 1.165) is 9.93 Å². The first-order chi connectivity index (χ1) is 6.15. The van der Waals surface area contributed by atoms with Crippen molar-refractivity contribution in [3.8, 4) is 0 Å². The number of nitrogens with zero attached hydrogens (tertiary/aromatic N) is 1. The normalized spacial score (nSPS) is 8.23. The van der Waals surface area contributed by atoms with E-state index in [9.17, 15) is 0 Å². The molecular weight excluding hydrogens is 302 g/mol. The summed E-state index contributed by atoms with van der Waals surface area (Å²) in [6.45, 7) is 2.07. The lowest BCUT2D eigenvalue weighted by Gasteiger charge is -1.99. The topological polar surface area (TPSA) is 47.0 Å². The van der Waals surface area contributed by atoms with Gasteiger partial charge in [0.15, 0.2) is 0 Å². The van der Waals surface area contributed by atoms with Crippen LogP contribution < -0.4 is 0 Å². The molecule has 0 unspecified atom stereocenters. The molecule has 0 aliphatic rings. The molecule has 0 radical (unpaired) electrons. The zero-order valence-electron chi connectivity index (χ0n) is 6.88. The van der Waals surface area contributed by atoms with Gasteiger partial charge in [-0.15, -0.1) is 0 Å². The van der Waals surface area contributed by atoms with Crippen molar-refractivity contribution in [2.75, 3.05) is 0 Å². The van der Waals surface area contributed by atoms with Crippen molar-refractivity contribution >= 4 is 38.0 Å². The third kappa shape index (κ3) is 4.93. The Kier molecular flexibility index (Phi) is 6.68. The monoisotopic (exact) mass is 307 g/mol. The Labute approximate surface area is 92.8 Å². The van der Waals surface area contributed by atoms with E-state index in [4.69, 9.17) is 9.59 Å². The van der Waals surface area contributed by atoms with E-state index in [-0.39, 0.29) is 6.15 Å². The number of halogens is 2. The third-order valence-corrected chi connectivity index (χ3v) is 2.37. The average Bonchev–Trinajstić information content (AvgIpc) is 2.06. The number of aromatic nitrogens is 1. The van der Waals surface area contributed by atoms with Crippen LogP contribution in [0.15, 0.2) is 16.9 Å². The summed E-state index contributed by atoms with van der Waals surface area (Å²) in [7, 11) is 0. The summed E-state index contributed by atoms with van der Waals surface area (Å²) >= 11 is 6.68. The maximum Gasteiger partial charge on any atom is 0.373 e. The molecule has 5 heteroatoms. The Bertz CT molecular complexity index is 309. The molecular formula is C8H7Br2NO2. The first-order valence-corrected chi connectivity index (χ1v) is 5.23. The van der Waals surface area contributed by atoms with Gasteiger partial charge in [0.1, 0.15) is 4.60 Å². The number of rotatable bonds is 1. The maximum absolute atomic E-state index is 8.12. The summed E-state index contributed by atoms with van der Waals surface area (Å²) in [5.41, 5.74) is 2.50. The van der Waals surface area contributed by atoms with Gasteiger partial charge in [0.2, 0.25) is 0 Å². The highest BCUT2D eigenvalue weighted by molar-refractivity contribution is 9.10. The van der Waals surface area contributed by atoms with Gasteiger partial charge in [-0.05, 0) is 40.0 Å². The first-order valence-electron chi connectivity index (χ1n) is 3.32. The second-order valence-corrected chi connectivity index (χ2v) is 3.52. The van der Waals surface area contributed by atoms with Crippen molar-refractivity contribution in [1.29, 1.82) is 0 Å². The summed E-state index contributed by atoms with van der Waals surface area (Å²) in [4.78, 5) is 20.3. The highest BCUT2D eigenvalue weighted by Gasteiger charge is 1.96.